The fourth-order valence-electron chi connectivity index (χ4n) is 2.90. The van der Waals surface area contributed by atoms with E-state index in [1.807, 2.05) is 42.5 Å². The summed E-state index contributed by atoms with van der Waals surface area (Å²) < 4.78 is 12.5. The van der Waals surface area contributed by atoms with Crippen molar-refractivity contribution in [3.8, 4) is 22.8 Å². The van der Waals surface area contributed by atoms with Gasteiger partial charge in [0.15, 0.2) is 11.5 Å². The zero-order valence-electron chi connectivity index (χ0n) is 16.0. The third-order valence-corrected chi connectivity index (χ3v) is 4.26. The quantitative estimate of drug-likeness (QED) is 0.610. The van der Waals surface area contributed by atoms with Crippen LogP contribution in [0.3, 0.4) is 0 Å². The van der Waals surface area contributed by atoms with E-state index in [1.165, 1.54) is 0 Å². The Labute approximate surface area is 164 Å². The molecule has 2 aromatic carbocycles. The van der Waals surface area contributed by atoms with Gasteiger partial charge in [-0.2, -0.15) is 5.10 Å². The van der Waals surface area contributed by atoms with Crippen molar-refractivity contribution < 1.29 is 14.3 Å². The van der Waals surface area contributed by atoms with Gasteiger partial charge in [0.05, 0.1) is 26.3 Å². The summed E-state index contributed by atoms with van der Waals surface area (Å²) in [6.45, 7) is 4.59. The van der Waals surface area contributed by atoms with E-state index in [9.17, 15) is 4.79 Å². The molecule has 0 unspecified atom stereocenters. The summed E-state index contributed by atoms with van der Waals surface area (Å²) in [4.78, 5) is 12.7. The van der Waals surface area contributed by atoms with Crippen LogP contribution in [0.25, 0.3) is 11.3 Å². The molecule has 6 nitrogen and oxygen atoms in total. The molecule has 1 aromatic heterocycles. The Hall–Kier alpha value is -3.54. The molecule has 0 saturated heterocycles. The van der Waals surface area contributed by atoms with Crippen LogP contribution in [0.5, 0.6) is 11.5 Å². The van der Waals surface area contributed by atoms with Gasteiger partial charge in [0.25, 0.3) is 5.91 Å². The fourth-order valence-corrected chi connectivity index (χ4v) is 2.90. The number of carbonyl (C=O) groups is 1. The number of ether oxygens (including phenoxy) is 2. The van der Waals surface area contributed by atoms with Crippen LogP contribution >= 0.6 is 0 Å². The van der Waals surface area contributed by atoms with Crippen LogP contribution < -0.4 is 14.8 Å². The van der Waals surface area contributed by atoms with Gasteiger partial charge in [-0.25, -0.2) is 0 Å². The highest BCUT2D eigenvalue weighted by Crippen LogP contribution is 2.33. The van der Waals surface area contributed by atoms with Crippen LogP contribution in [0.4, 0.5) is 0 Å². The monoisotopic (exact) mass is 377 g/mol. The minimum Gasteiger partial charge on any atom is -0.493 e. The standard InChI is InChI=1S/C22H23N3O3/c1-4-12-23-22(26)18-15-25(14-16-8-6-5-7-9-16)24-21(18)17-10-11-19(27-2)20(13-17)28-3/h4-11,13,15H,1,12,14H2,2-3H3,(H,23,26). The van der Waals surface area contributed by atoms with E-state index in [0.29, 0.717) is 35.8 Å². The van der Waals surface area contributed by atoms with Crippen LogP contribution in [-0.4, -0.2) is 36.5 Å². The molecule has 3 rings (SSSR count). The number of carbonyl (C=O) groups excluding carboxylic acids is 1. The SMILES string of the molecule is C=CCNC(=O)c1cn(Cc2ccccc2)nc1-c1ccc(OC)c(OC)c1. The summed E-state index contributed by atoms with van der Waals surface area (Å²) in [7, 11) is 3.16. The van der Waals surface area contributed by atoms with Crippen molar-refractivity contribution in [3.63, 3.8) is 0 Å². The summed E-state index contributed by atoms with van der Waals surface area (Å²) in [6.07, 6.45) is 3.40. The third kappa shape index (κ3) is 4.23. The van der Waals surface area contributed by atoms with Crippen LogP contribution in [0.2, 0.25) is 0 Å². The van der Waals surface area contributed by atoms with Crippen molar-refractivity contribution >= 4 is 5.91 Å². The van der Waals surface area contributed by atoms with Gasteiger partial charge in [0.2, 0.25) is 0 Å². The Morgan fingerprint density at radius 3 is 2.57 bits per heavy atom. The fraction of sp³-hybridized carbons (Fsp3) is 0.182. The van der Waals surface area contributed by atoms with E-state index in [0.717, 1.165) is 11.1 Å². The lowest BCUT2D eigenvalue weighted by Gasteiger charge is -2.09. The molecule has 0 saturated carbocycles. The molecule has 0 spiro atoms. The zero-order valence-corrected chi connectivity index (χ0v) is 16.0. The minimum absolute atomic E-state index is 0.205. The molecule has 1 heterocycles. The van der Waals surface area contributed by atoms with Crippen molar-refractivity contribution in [2.24, 2.45) is 0 Å². The Morgan fingerprint density at radius 2 is 1.89 bits per heavy atom. The molecule has 144 valence electrons. The Kier molecular flexibility index (Phi) is 6.11. The van der Waals surface area contributed by atoms with Crippen molar-refractivity contribution in [3.05, 3.63) is 78.5 Å². The van der Waals surface area contributed by atoms with Gasteiger partial charge in [-0.1, -0.05) is 36.4 Å². The molecule has 0 aliphatic rings. The van der Waals surface area contributed by atoms with Gasteiger partial charge in [-0.05, 0) is 23.8 Å². The molecule has 0 bridgehead atoms. The van der Waals surface area contributed by atoms with E-state index in [-0.39, 0.29) is 5.91 Å². The predicted octanol–water partition coefficient (Wildman–Crippen LogP) is 3.53. The van der Waals surface area contributed by atoms with Gasteiger partial charge in [-0.15, -0.1) is 6.58 Å². The number of nitrogens with one attached hydrogen (secondary N) is 1. The lowest BCUT2D eigenvalue weighted by atomic mass is 10.1. The van der Waals surface area contributed by atoms with Gasteiger partial charge in [0, 0.05) is 18.3 Å². The van der Waals surface area contributed by atoms with Gasteiger partial charge >= 0.3 is 0 Å². The predicted molar refractivity (Wildman–Crippen MR) is 109 cm³/mol. The highest BCUT2D eigenvalue weighted by molar-refractivity contribution is 6.00. The highest BCUT2D eigenvalue weighted by Gasteiger charge is 2.19. The molecule has 0 fully saturated rings. The van der Waals surface area contributed by atoms with Crippen molar-refractivity contribution in [2.75, 3.05) is 20.8 Å². The van der Waals surface area contributed by atoms with Crippen LogP contribution in [-0.2, 0) is 6.54 Å². The number of methoxy groups -OCH3 is 2. The number of rotatable bonds is 8. The maximum Gasteiger partial charge on any atom is 0.255 e. The first kappa shape index (κ1) is 19.2. The molecular formula is C22H23N3O3. The first-order valence-corrected chi connectivity index (χ1v) is 8.89. The second-order valence-electron chi connectivity index (χ2n) is 6.14. The molecule has 6 heteroatoms. The number of aromatic nitrogens is 2. The zero-order chi connectivity index (χ0) is 19.9. The molecule has 1 N–H and O–H groups in total. The number of nitrogens with zero attached hydrogens (tertiary/aromatic N) is 2. The van der Waals surface area contributed by atoms with E-state index >= 15 is 0 Å². The average molecular weight is 377 g/mol. The van der Waals surface area contributed by atoms with Crippen molar-refractivity contribution in [1.82, 2.24) is 15.1 Å². The van der Waals surface area contributed by atoms with Crippen molar-refractivity contribution in [1.29, 1.82) is 0 Å². The average Bonchev–Trinajstić information content (AvgIpc) is 3.16. The van der Waals surface area contributed by atoms with Crippen LogP contribution in [0.15, 0.2) is 67.4 Å². The molecule has 0 aliphatic heterocycles. The normalized spacial score (nSPS) is 10.4. The number of hydrogen-bond donors (Lipinski definition) is 1. The van der Waals surface area contributed by atoms with E-state index in [1.54, 1.807) is 37.2 Å². The maximum absolute atomic E-state index is 12.7. The smallest absolute Gasteiger partial charge is 0.255 e. The Bertz CT molecular complexity index is 964. The molecule has 3 aromatic rings. The topological polar surface area (TPSA) is 65.4 Å². The maximum atomic E-state index is 12.7. The molecule has 0 radical (unpaired) electrons. The lowest BCUT2D eigenvalue weighted by molar-refractivity contribution is 0.0958. The summed E-state index contributed by atoms with van der Waals surface area (Å²) in [6, 6.07) is 15.5. The first-order chi connectivity index (χ1) is 13.7. The lowest BCUT2D eigenvalue weighted by Crippen LogP contribution is -2.23. The molecule has 0 aliphatic carbocycles. The van der Waals surface area contributed by atoms with Gasteiger partial charge in [0.1, 0.15) is 5.69 Å². The van der Waals surface area contributed by atoms with Gasteiger partial charge < -0.3 is 14.8 Å². The summed E-state index contributed by atoms with van der Waals surface area (Å²) in [5.41, 5.74) is 2.94. The number of amides is 1. The first-order valence-electron chi connectivity index (χ1n) is 8.89. The van der Waals surface area contributed by atoms with E-state index in [2.05, 4.69) is 17.0 Å². The van der Waals surface area contributed by atoms with E-state index in [4.69, 9.17) is 9.47 Å². The highest BCUT2D eigenvalue weighted by atomic mass is 16.5. The molecule has 1 amide bonds. The number of hydrogen-bond acceptors (Lipinski definition) is 4. The largest absolute Gasteiger partial charge is 0.493 e. The number of benzene rings is 2. The minimum atomic E-state index is -0.205. The Balaban J connectivity index is 2.02. The summed E-state index contributed by atoms with van der Waals surface area (Å²) in [5, 5.41) is 7.49. The van der Waals surface area contributed by atoms with Crippen LogP contribution in [0.1, 0.15) is 15.9 Å². The van der Waals surface area contributed by atoms with E-state index < -0.39 is 0 Å². The summed E-state index contributed by atoms with van der Waals surface area (Å²) >= 11 is 0. The molecule has 28 heavy (non-hydrogen) atoms. The third-order valence-electron chi connectivity index (χ3n) is 4.26. The second-order valence-corrected chi connectivity index (χ2v) is 6.14. The Morgan fingerprint density at radius 1 is 1.14 bits per heavy atom. The summed E-state index contributed by atoms with van der Waals surface area (Å²) in [5.74, 6) is 0.992. The molecule has 0 atom stereocenters. The molecular weight excluding hydrogens is 354 g/mol. The second kappa shape index (κ2) is 8.90. The van der Waals surface area contributed by atoms with Gasteiger partial charge in [-0.3, -0.25) is 9.48 Å². The van der Waals surface area contributed by atoms with Crippen molar-refractivity contribution in [2.45, 2.75) is 6.54 Å². The van der Waals surface area contributed by atoms with Crippen LogP contribution in [0, 0.1) is 0 Å².